The molecule has 3 fully saturated rings. The predicted octanol–water partition coefficient (Wildman–Crippen LogP) is -2.50. The summed E-state index contributed by atoms with van der Waals surface area (Å²) in [6.07, 6.45) is 2.52. The highest BCUT2D eigenvalue weighted by Crippen LogP contribution is 2.21. The minimum absolute atomic E-state index is 0. The Morgan fingerprint density at radius 2 is 1.89 bits per heavy atom. The van der Waals surface area contributed by atoms with Gasteiger partial charge in [-0.15, -0.1) is 0 Å². The van der Waals surface area contributed by atoms with Crippen molar-refractivity contribution in [3.63, 3.8) is 0 Å². The van der Waals surface area contributed by atoms with Crippen molar-refractivity contribution in [1.82, 2.24) is 4.90 Å². The third kappa shape index (κ3) is 4.60. The van der Waals surface area contributed by atoms with Gasteiger partial charge in [0, 0.05) is 19.6 Å². The zero-order valence-electron chi connectivity index (χ0n) is 11.5. The van der Waals surface area contributed by atoms with Crippen LogP contribution in [0.25, 0.3) is 0 Å². The first-order valence-corrected chi connectivity index (χ1v) is 10.3. The molecule has 3 rings (SSSR count). The molecular formula is C11H24INO3SSi. The van der Waals surface area contributed by atoms with Gasteiger partial charge in [0.2, 0.25) is 0 Å². The molecule has 0 saturated carbocycles. The minimum atomic E-state index is -2.39. The number of halogens is 1. The molecule has 4 nitrogen and oxygen atoms in total. The van der Waals surface area contributed by atoms with E-state index in [1.54, 1.807) is 0 Å². The third-order valence-electron chi connectivity index (χ3n) is 3.27. The van der Waals surface area contributed by atoms with Crippen LogP contribution in [0.5, 0.6) is 0 Å². The zero-order chi connectivity index (χ0) is 12.3. The largest absolute Gasteiger partial charge is 1.00 e. The van der Waals surface area contributed by atoms with Crippen molar-refractivity contribution in [2.45, 2.75) is 20.0 Å². The molecule has 2 bridgehead atoms. The van der Waals surface area contributed by atoms with Crippen LogP contribution in [-0.2, 0) is 24.2 Å². The normalized spacial score (nSPS) is 38.2. The molecule has 0 aromatic carbocycles. The molecule has 3 aliphatic rings. The van der Waals surface area contributed by atoms with Gasteiger partial charge < -0.3 is 37.3 Å². The Labute approximate surface area is 131 Å². The van der Waals surface area contributed by atoms with E-state index < -0.39 is 8.80 Å². The van der Waals surface area contributed by atoms with E-state index in [4.69, 9.17) is 13.3 Å². The molecule has 0 radical (unpaired) electrons. The predicted molar refractivity (Wildman–Crippen MR) is 73.3 cm³/mol. The van der Waals surface area contributed by atoms with E-state index in [1.165, 1.54) is 5.75 Å². The van der Waals surface area contributed by atoms with Crippen LogP contribution in [0.15, 0.2) is 0 Å². The summed E-state index contributed by atoms with van der Waals surface area (Å²) in [6.45, 7) is 8.96. The summed E-state index contributed by atoms with van der Waals surface area (Å²) in [5.74, 6) is 1.19. The Morgan fingerprint density at radius 3 is 2.44 bits per heavy atom. The van der Waals surface area contributed by atoms with Crippen molar-refractivity contribution >= 4 is 19.7 Å². The van der Waals surface area contributed by atoms with Crippen LogP contribution in [0, 0.1) is 0 Å². The molecule has 108 valence electrons. The molecule has 0 aliphatic carbocycles. The SMILES string of the molecule is CC[S+](C)C[Si]12OCCN(CCO1)CC(C)O2.[I-]. The van der Waals surface area contributed by atoms with E-state index >= 15 is 0 Å². The van der Waals surface area contributed by atoms with Crippen LogP contribution < -0.4 is 24.0 Å². The molecular weight excluding hydrogens is 381 g/mol. The summed E-state index contributed by atoms with van der Waals surface area (Å²) < 4.78 is 18.3. The topological polar surface area (TPSA) is 30.9 Å². The van der Waals surface area contributed by atoms with Crippen LogP contribution >= 0.6 is 0 Å². The Hall–Kier alpha value is 1.14. The molecule has 2 unspecified atom stereocenters. The van der Waals surface area contributed by atoms with Crippen LogP contribution in [-0.4, -0.2) is 70.0 Å². The second-order valence-corrected chi connectivity index (χ2v) is 10.3. The lowest BCUT2D eigenvalue weighted by molar-refractivity contribution is -0.0321. The average molecular weight is 405 g/mol. The number of hydrogen-bond acceptors (Lipinski definition) is 4. The molecule has 7 heteroatoms. The van der Waals surface area contributed by atoms with Crippen LogP contribution in [0.2, 0.25) is 0 Å². The summed E-state index contributed by atoms with van der Waals surface area (Å²) in [4.78, 5) is 2.37. The summed E-state index contributed by atoms with van der Waals surface area (Å²) in [7, 11) is -2.04. The van der Waals surface area contributed by atoms with Gasteiger partial charge in [0.15, 0.2) is 5.38 Å². The van der Waals surface area contributed by atoms with E-state index in [0.29, 0.717) is 10.9 Å². The molecule has 2 atom stereocenters. The fraction of sp³-hybridized carbons (Fsp3) is 1.00. The van der Waals surface area contributed by atoms with Gasteiger partial charge in [0.05, 0.1) is 25.6 Å². The zero-order valence-corrected chi connectivity index (χ0v) is 15.5. The van der Waals surface area contributed by atoms with Crippen LogP contribution in [0.4, 0.5) is 0 Å². The van der Waals surface area contributed by atoms with Gasteiger partial charge in [-0.2, -0.15) is 0 Å². The Balaban J connectivity index is 0.00000162. The molecule has 3 aliphatic heterocycles. The first kappa shape index (κ1) is 17.2. The highest BCUT2D eigenvalue weighted by Gasteiger charge is 2.50. The van der Waals surface area contributed by atoms with Crippen molar-refractivity contribution in [3.05, 3.63) is 0 Å². The van der Waals surface area contributed by atoms with Crippen LogP contribution in [0.3, 0.4) is 0 Å². The molecule has 3 saturated heterocycles. The summed E-state index contributed by atoms with van der Waals surface area (Å²) in [5.41, 5.74) is 0. The third-order valence-corrected chi connectivity index (χ3v) is 9.69. The number of nitrogens with zero attached hydrogens (tertiary/aromatic N) is 1. The summed E-state index contributed by atoms with van der Waals surface area (Å²) in [6, 6.07) is 0. The molecule has 0 aromatic rings. The fourth-order valence-corrected chi connectivity index (χ4v) is 8.17. The maximum Gasteiger partial charge on any atom is 0.553 e. The monoisotopic (exact) mass is 405 g/mol. The lowest BCUT2D eigenvalue weighted by atomic mass is 10.3. The smallest absolute Gasteiger partial charge is 0.553 e. The Kier molecular flexibility index (Phi) is 7.45. The number of fused-ring (bicyclic) bond motifs is 6. The highest BCUT2D eigenvalue weighted by atomic mass is 127. The molecule has 0 spiro atoms. The molecule has 18 heavy (non-hydrogen) atoms. The van der Waals surface area contributed by atoms with Crippen molar-refractivity contribution in [1.29, 1.82) is 0 Å². The van der Waals surface area contributed by atoms with Gasteiger partial charge in [-0.05, 0) is 24.7 Å². The highest BCUT2D eigenvalue weighted by molar-refractivity contribution is 7.97. The van der Waals surface area contributed by atoms with E-state index in [9.17, 15) is 0 Å². The van der Waals surface area contributed by atoms with E-state index in [1.807, 2.05) is 0 Å². The lowest BCUT2D eigenvalue weighted by Crippen LogP contribution is -3.00. The van der Waals surface area contributed by atoms with E-state index in [-0.39, 0.29) is 30.1 Å². The van der Waals surface area contributed by atoms with Crippen molar-refractivity contribution < 1.29 is 37.3 Å². The minimum Gasteiger partial charge on any atom is -1.00 e. The van der Waals surface area contributed by atoms with Gasteiger partial charge in [-0.25, -0.2) is 0 Å². The maximum atomic E-state index is 6.18. The second-order valence-electron chi connectivity index (χ2n) is 4.82. The summed E-state index contributed by atoms with van der Waals surface area (Å²) >= 11 is 0. The van der Waals surface area contributed by atoms with Gasteiger partial charge in [-0.3, -0.25) is 4.90 Å². The second kappa shape index (κ2) is 7.80. The molecule has 0 amide bonds. The van der Waals surface area contributed by atoms with Gasteiger partial charge in [-0.1, -0.05) is 0 Å². The van der Waals surface area contributed by atoms with Crippen molar-refractivity contribution in [2.75, 3.05) is 50.2 Å². The molecule has 3 heterocycles. The Morgan fingerprint density at radius 1 is 1.28 bits per heavy atom. The van der Waals surface area contributed by atoms with Gasteiger partial charge in [0.1, 0.15) is 5.75 Å². The first-order chi connectivity index (χ1) is 8.13. The molecule has 0 aromatic heterocycles. The van der Waals surface area contributed by atoms with E-state index in [2.05, 4.69) is 25.0 Å². The van der Waals surface area contributed by atoms with E-state index in [0.717, 1.165) is 38.2 Å². The summed E-state index contributed by atoms with van der Waals surface area (Å²) in [5, 5.41) is 0.994. The van der Waals surface area contributed by atoms with Gasteiger partial charge in [0.25, 0.3) is 0 Å². The molecule has 0 N–H and O–H groups in total. The lowest BCUT2D eigenvalue weighted by Gasteiger charge is -2.39. The quantitative estimate of drug-likeness (QED) is 0.295. The average Bonchev–Trinajstić information content (AvgIpc) is 2.22. The maximum absolute atomic E-state index is 6.18. The fourth-order valence-electron chi connectivity index (χ4n) is 2.29. The number of rotatable bonds is 3. The standard InChI is InChI=1S/C11H24NO3SSi.HI/c1-4-16(3)10-17-13-7-5-12(6-8-14-17)9-11(2)15-17;/h11H,4-10H2,1-3H3;1H/q+1;/p-1. The van der Waals surface area contributed by atoms with Gasteiger partial charge >= 0.3 is 8.80 Å². The van der Waals surface area contributed by atoms with Crippen molar-refractivity contribution in [2.24, 2.45) is 0 Å². The first-order valence-electron chi connectivity index (χ1n) is 6.41. The van der Waals surface area contributed by atoms with Crippen molar-refractivity contribution in [3.8, 4) is 0 Å². The Bertz CT molecular complexity index is 248. The number of hydrogen-bond donors (Lipinski definition) is 0. The van der Waals surface area contributed by atoms with Crippen LogP contribution in [0.1, 0.15) is 13.8 Å².